The summed E-state index contributed by atoms with van der Waals surface area (Å²) in [5, 5.41) is 63.7. The van der Waals surface area contributed by atoms with Crippen LogP contribution in [0.1, 0.15) is 213 Å². The Morgan fingerprint density at radius 1 is 0.436 bits per heavy atom. The number of phenols is 2. The van der Waals surface area contributed by atoms with E-state index >= 15 is 14.4 Å². The number of amides is 8. The number of primary amides is 1. The summed E-state index contributed by atoms with van der Waals surface area (Å²) in [4.78, 5) is 251. The number of aromatic hydroxyl groups is 2. The third kappa shape index (κ3) is 43.0. The van der Waals surface area contributed by atoms with E-state index in [1.807, 2.05) is 20.8 Å². The Hall–Kier alpha value is -11.4. The highest BCUT2D eigenvalue weighted by Gasteiger charge is 2.44. The van der Waals surface area contributed by atoms with Gasteiger partial charge in [0, 0.05) is 114 Å². The number of benzene rings is 2. The van der Waals surface area contributed by atoms with E-state index in [4.69, 9.17) is 54.3 Å². The van der Waals surface area contributed by atoms with Crippen LogP contribution in [0.4, 0.5) is 0 Å². The van der Waals surface area contributed by atoms with Gasteiger partial charge in [0.1, 0.15) is 29.4 Å². The van der Waals surface area contributed by atoms with E-state index in [9.17, 15) is 92.7 Å². The average molecular weight is 1870 g/mol. The van der Waals surface area contributed by atoms with Crippen molar-refractivity contribution in [2.24, 2.45) is 103 Å². The van der Waals surface area contributed by atoms with Crippen molar-refractivity contribution in [3.05, 3.63) is 59.7 Å². The molecule has 2 saturated heterocycles. The van der Waals surface area contributed by atoms with Crippen molar-refractivity contribution in [3.63, 3.8) is 0 Å². The van der Waals surface area contributed by atoms with Gasteiger partial charge in [-0.1, -0.05) is 72.2 Å². The fourth-order valence-electron chi connectivity index (χ4n) is 16.3. The predicted octanol–water partition coefficient (Wildman–Crippen LogP) is 1.81. The molecule has 41 heteroatoms. The maximum absolute atomic E-state index is 15.3. The summed E-state index contributed by atoms with van der Waals surface area (Å²) >= 11 is 0. The number of nitrogens with two attached hydrogens (primary N) is 7. The van der Waals surface area contributed by atoms with Gasteiger partial charge in [-0.15, -0.1) is 0 Å². The molecule has 133 heavy (non-hydrogen) atoms. The molecule has 0 aliphatic carbocycles. The number of carboxylic acids is 3. The van der Waals surface area contributed by atoms with Crippen LogP contribution in [-0.4, -0.2) is 268 Å². The van der Waals surface area contributed by atoms with Crippen LogP contribution in [0, 0.1) is 53.3 Å². The number of guanidine groups is 2. The van der Waals surface area contributed by atoms with Gasteiger partial charge in [0.25, 0.3) is 0 Å². The molecule has 8 amide bonds. The van der Waals surface area contributed by atoms with E-state index in [2.05, 4.69) is 36.6 Å². The van der Waals surface area contributed by atoms with E-state index in [0.717, 1.165) is 0 Å². The summed E-state index contributed by atoms with van der Waals surface area (Å²) in [5.41, 5.74) is 40.7. The number of carbonyl (C=O) groups excluding carboxylic acids is 14. The molecule has 2 aliphatic rings. The first-order chi connectivity index (χ1) is 63.1. The van der Waals surface area contributed by atoms with Crippen LogP contribution in [0.25, 0.3) is 0 Å². The Bertz CT molecular complexity index is 4220. The molecular weight excluding hydrogens is 1730 g/mol. The van der Waals surface area contributed by atoms with Crippen molar-refractivity contribution in [1.82, 2.24) is 36.4 Å². The van der Waals surface area contributed by atoms with E-state index in [-0.39, 0.29) is 197 Å². The molecule has 2 aliphatic heterocycles. The smallest absolute Gasteiger partial charge is 0.306 e. The minimum atomic E-state index is -1.98. The number of Topliss-reactive ketones (excluding diaryl/α,β-unsaturated/α-hetero) is 6. The van der Waals surface area contributed by atoms with Crippen molar-refractivity contribution >= 4 is 112 Å². The van der Waals surface area contributed by atoms with Crippen LogP contribution >= 0.6 is 0 Å². The van der Waals surface area contributed by atoms with Crippen LogP contribution in [0.2, 0.25) is 0 Å². The number of carbonyl (C=O) groups is 17. The molecular formula is C92H144N16O25. The monoisotopic (exact) mass is 1870 g/mol. The maximum Gasteiger partial charge on any atom is 0.306 e. The quantitative estimate of drug-likeness (QED) is 0.0255. The molecule has 14 unspecified atom stereocenters. The zero-order valence-electron chi connectivity index (χ0n) is 77.7. The molecule has 2 aromatic rings. The van der Waals surface area contributed by atoms with E-state index in [0.29, 0.717) is 50.1 Å². The van der Waals surface area contributed by atoms with Gasteiger partial charge < -0.3 is 116 Å². The number of aliphatic imine (C=N–C) groups is 2. The van der Waals surface area contributed by atoms with E-state index in [1.165, 1.54) is 46.2 Å². The highest BCUT2D eigenvalue weighted by molar-refractivity contribution is 6.01. The van der Waals surface area contributed by atoms with Crippen molar-refractivity contribution in [3.8, 4) is 11.5 Å². The van der Waals surface area contributed by atoms with Gasteiger partial charge in [0.2, 0.25) is 47.3 Å². The maximum atomic E-state index is 15.3. The SMILES string of the molecule is CCC(C)C(NC(=O)C(CC(=O)C1CCCN1C(=O)C(CCCN=C(N)N)CC(=O)C(CCCN=C(N)N)NC(=O)C1CCCN1C(=O)C(CCCCN)NC(=O)C(CC(N)=O)CC(=O)C(CC(=O)O)NC(=O)C(CC(=O)C(CC(C)C)NC(=O)C(CCC(=O)O)CC(=O)CCOCCOCCOCCN)Cc1ccc(O)cc1)Cc1ccc(O)cc1)C(=O)CC(CC(C)C)C(=O)O. The molecule has 2 aromatic carbocycles. The first-order valence-electron chi connectivity index (χ1n) is 46.1. The standard InChI is InChI=1S/C92H144N16O25/c1-7-56(6)82(78(116)51-64(90(129)130)42-54(2)3)106-86(125)62(45-58-21-26-66(110)27-22-58)50-77(115)72-17-12-34-107(72)88(127)60(14-10-32-100-91(96)97)47-74(112)68(16-11-33-101-92(98)99)102-87(126)73-18-13-35-108(73)89(128)69(15-8-9-30-93)103-85(124)63(52-79(95)117)49-76(114)71(53-81(120)121)105-84(123)61(44-57-19-24-65(109)25-20-57)48-75(113)70(43-55(4)5)104-83(122)59(23-28-80(118)119)46-67(111)29-36-131-38-40-133-41-39-132-37-31-94/h19-22,24-27,54-56,59-64,68-73,82,109-110H,7-18,23,28-53,93-94H2,1-6H3,(H2,95,117)(H,102,126)(H,103,124)(H,104,122)(H,105,123)(H,106,125)(H,118,119)(H,120,121)(H,129,130)(H4,96,97,100)(H4,98,99,101). The van der Waals surface area contributed by atoms with Crippen LogP contribution < -0.4 is 66.7 Å². The lowest BCUT2D eigenvalue weighted by atomic mass is 9.85. The van der Waals surface area contributed by atoms with E-state index < -0.39 is 235 Å². The van der Waals surface area contributed by atoms with Crippen molar-refractivity contribution in [2.75, 3.05) is 78.9 Å². The highest BCUT2D eigenvalue weighted by Crippen LogP contribution is 2.31. The first kappa shape index (κ1) is 114. The second-order valence-corrected chi connectivity index (χ2v) is 35.4. The topological polar surface area (TPSA) is 693 Å². The molecule has 4 rings (SSSR count). The van der Waals surface area contributed by atoms with Gasteiger partial charge in [-0.05, 0) is 162 Å². The number of carboxylic acid groups (broad SMARTS) is 3. The fourth-order valence-corrected chi connectivity index (χ4v) is 16.3. The second-order valence-electron chi connectivity index (χ2n) is 35.4. The van der Waals surface area contributed by atoms with Gasteiger partial charge in [0.15, 0.2) is 40.8 Å². The number of unbranched alkanes of at least 4 members (excludes halogenated alkanes) is 1. The molecule has 41 nitrogen and oxygen atoms in total. The van der Waals surface area contributed by atoms with Crippen LogP contribution in [0.3, 0.4) is 0 Å². The molecule has 742 valence electrons. The van der Waals surface area contributed by atoms with E-state index in [1.54, 1.807) is 32.9 Å². The largest absolute Gasteiger partial charge is 0.508 e. The Balaban J connectivity index is 1.64. The first-order valence-corrected chi connectivity index (χ1v) is 46.1. The number of hydrogen-bond donors (Lipinski definition) is 17. The van der Waals surface area contributed by atoms with Crippen molar-refractivity contribution in [1.29, 1.82) is 0 Å². The molecule has 2 heterocycles. The minimum Gasteiger partial charge on any atom is -0.508 e. The number of likely N-dealkylation sites (tertiary alicyclic amines) is 2. The van der Waals surface area contributed by atoms with Gasteiger partial charge in [0.05, 0.1) is 88.1 Å². The molecule has 0 bridgehead atoms. The molecule has 24 N–H and O–H groups in total. The Labute approximate surface area is 776 Å². The van der Waals surface area contributed by atoms with Crippen molar-refractivity contribution < 1.29 is 121 Å². The third-order valence-electron chi connectivity index (χ3n) is 23.5. The normalized spacial score (nSPS) is 16.4. The molecule has 2 fully saturated rings. The number of phenolic OH excluding ortho intramolecular Hbond substituents is 2. The lowest BCUT2D eigenvalue weighted by molar-refractivity contribution is -0.145. The number of ether oxygens (including phenoxy) is 3. The summed E-state index contributed by atoms with van der Waals surface area (Å²) in [6.07, 6.45) is -5.02. The fraction of sp³-hybridized carbons (Fsp3) is 0.663. The van der Waals surface area contributed by atoms with Crippen LogP contribution in [0.5, 0.6) is 11.5 Å². The Morgan fingerprint density at radius 3 is 1.44 bits per heavy atom. The zero-order chi connectivity index (χ0) is 99.0. The molecule has 0 spiro atoms. The number of aliphatic carboxylic acids is 3. The zero-order valence-corrected chi connectivity index (χ0v) is 77.7. The molecule has 0 aromatic heterocycles. The second kappa shape index (κ2) is 60.7. The molecule has 0 radical (unpaired) electrons. The summed E-state index contributed by atoms with van der Waals surface area (Å²) in [6, 6.07) is 1.60. The van der Waals surface area contributed by atoms with Gasteiger partial charge >= 0.3 is 17.9 Å². The van der Waals surface area contributed by atoms with Gasteiger partial charge in [-0.25, -0.2) is 0 Å². The van der Waals surface area contributed by atoms with Crippen LogP contribution in [0.15, 0.2) is 58.5 Å². The summed E-state index contributed by atoms with van der Waals surface area (Å²) in [7, 11) is 0. The lowest BCUT2D eigenvalue weighted by Gasteiger charge is -2.31. The molecule has 0 saturated carbocycles. The van der Waals surface area contributed by atoms with Gasteiger partial charge in [-0.2, -0.15) is 0 Å². The Kier molecular flexibility index (Phi) is 51.9. The number of rotatable bonds is 70. The van der Waals surface area contributed by atoms with Crippen molar-refractivity contribution in [2.45, 2.75) is 257 Å². The molecule has 14 atom stereocenters. The number of hydrogen-bond acceptors (Lipinski definition) is 26. The summed E-state index contributed by atoms with van der Waals surface area (Å²) < 4.78 is 16.2. The number of nitrogens with one attached hydrogen (secondary N) is 5. The third-order valence-corrected chi connectivity index (χ3v) is 23.5. The predicted molar refractivity (Wildman–Crippen MR) is 489 cm³/mol. The minimum absolute atomic E-state index is 0.00649. The highest BCUT2D eigenvalue weighted by atomic mass is 16.5. The summed E-state index contributed by atoms with van der Waals surface area (Å²) in [6.45, 7) is 12.4. The summed E-state index contributed by atoms with van der Waals surface area (Å²) in [5.74, 6) is -24.5. The Morgan fingerprint density at radius 2 is 0.910 bits per heavy atom. The van der Waals surface area contributed by atoms with Gasteiger partial charge in [-0.3, -0.25) is 91.5 Å². The number of ketones is 6. The lowest BCUT2D eigenvalue weighted by Crippen LogP contribution is -2.56. The number of nitrogens with zero attached hydrogens (tertiary/aromatic N) is 4. The average Bonchev–Trinajstić information content (AvgIpc) is 1.71. The van der Waals surface area contributed by atoms with Crippen LogP contribution in [-0.2, 0) is 109 Å².